The van der Waals surface area contributed by atoms with Crippen LogP contribution in [0.15, 0.2) is 24.3 Å². The van der Waals surface area contributed by atoms with Crippen LogP contribution in [-0.2, 0) is 13.1 Å². The van der Waals surface area contributed by atoms with Gasteiger partial charge in [-0.2, -0.15) is 5.10 Å². The lowest BCUT2D eigenvalue weighted by molar-refractivity contribution is 0.515. The number of nitrogens with zero attached hydrogens (tertiary/aromatic N) is 2. The van der Waals surface area contributed by atoms with Gasteiger partial charge >= 0.3 is 0 Å². The summed E-state index contributed by atoms with van der Waals surface area (Å²) in [5, 5.41) is 9.57. The van der Waals surface area contributed by atoms with Gasteiger partial charge in [-0.3, -0.25) is 4.68 Å². The van der Waals surface area contributed by atoms with Crippen molar-refractivity contribution in [3.63, 3.8) is 0 Å². The van der Waals surface area contributed by atoms with E-state index in [0.29, 0.717) is 5.41 Å². The molecule has 0 saturated heterocycles. The first-order valence-electron chi connectivity index (χ1n) is 7.27. The van der Waals surface area contributed by atoms with Crippen molar-refractivity contribution in [2.24, 2.45) is 11.3 Å². The van der Waals surface area contributed by atoms with Crippen molar-refractivity contribution < 1.29 is 0 Å². The highest BCUT2D eigenvalue weighted by Gasteiger charge is 2.44. The molecule has 1 aliphatic rings. The van der Waals surface area contributed by atoms with Gasteiger partial charge in [-0.15, -0.1) is 0 Å². The third-order valence-electron chi connectivity index (χ3n) is 4.43. The molecule has 0 bridgehead atoms. The van der Waals surface area contributed by atoms with Crippen molar-refractivity contribution >= 4 is 10.9 Å². The summed E-state index contributed by atoms with van der Waals surface area (Å²) in [6, 6.07) is 8.50. The van der Waals surface area contributed by atoms with Gasteiger partial charge in [0.15, 0.2) is 0 Å². The number of fused-ring (bicyclic) bond motifs is 1. The summed E-state index contributed by atoms with van der Waals surface area (Å²) in [5.74, 6) is 0.840. The third kappa shape index (κ3) is 2.39. The molecule has 1 fully saturated rings. The van der Waals surface area contributed by atoms with Gasteiger partial charge in [-0.25, -0.2) is 0 Å². The quantitative estimate of drug-likeness (QED) is 0.891. The predicted octanol–water partition coefficient (Wildman–Crippen LogP) is 3.19. The van der Waals surface area contributed by atoms with Gasteiger partial charge in [0.05, 0.1) is 11.2 Å². The monoisotopic (exact) mass is 257 g/mol. The first-order valence-corrected chi connectivity index (χ1v) is 7.27. The van der Waals surface area contributed by atoms with E-state index in [1.54, 1.807) is 0 Å². The third-order valence-corrected chi connectivity index (χ3v) is 4.43. The SMILES string of the molecule is CCn1nc(CNCC2CC2(C)C)c2ccccc21. The Morgan fingerprint density at radius 2 is 2.11 bits per heavy atom. The number of para-hydroxylation sites is 1. The molecule has 1 unspecified atom stereocenters. The second-order valence-corrected chi connectivity index (χ2v) is 6.30. The van der Waals surface area contributed by atoms with Crippen molar-refractivity contribution in [3.05, 3.63) is 30.0 Å². The van der Waals surface area contributed by atoms with E-state index in [-0.39, 0.29) is 0 Å². The summed E-state index contributed by atoms with van der Waals surface area (Å²) >= 11 is 0. The van der Waals surface area contributed by atoms with Crippen LogP contribution >= 0.6 is 0 Å². The van der Waals surface area contributed by atoms with Crippen molar-refractivity contribution in [3.8, 4) is 0 Å². The van der Waals surface area contributed by atoms with Gasteiger partial charge in [-0.1, -0.05) is 32.0 Å². The largest absolute Gasteiger partial charge is 0.311 e. The van der Waals surface area contributed by atoms with Crippen LogP contribution in [0.5, 0.6) is 0 Å². The van der Waals surface area contributed by atoms with Crippen LogP contribution in [0, 0.1) is 11.3 Å². The molecule has 3 rings (SSSR count). The van der Waals surface area contributed by atoms with Crippen LogP contribution in [-0.4, -0.2) is 16.3 Å². The lowest BCUT2D eigenvalue weighted by Gasteiger charge is -2.04. The van der Waals surface area contributed by atoms with Crippen molar-refractivity contribution in [2.75, 3.05) is 6.54 Å². The van der Waals surface area contributed by atoms with Crippen LogP contribution < -0.4 is 5.32 Å². The summed E-state index contributed by atoms with van der Waals surface area (Å²) in [5.41, 5.74) is 2.97. The molecule has 1 aliphatic carbocycles. The highest BCUT2D eigenvalue weighted by atomic mass is 15.3. The Morgan fingerprint density at radius 1 is 1.37 bits per heavy atom. The fraction of sp³-hybridized carbons (Fsp3) is 0.562. The van der Waals surface area contributed by atoms with E-state index >= 15 is 0 Å². The lowest BCUT2D eigenvalue weighted by Crippen LogP contribution is -2.18. The summed E-state index contributed by atoms with van der Waals surface area (Å²) in [6.45, 7) is 9.75. The zero-order valence-corrected chi connectivity index (χ0v) is 12.1. The molecule has 102 valence electrons. The summed E-state index contributed by atoms with van der Waals surface area (Å²) in [7, 11) is 0. The second kappa shape index (κ2) is 4.64. The maximum atomic E-state index is 4.72. The molecular formula is C16H23N3. The minimum atomic E-state index is 0.553. The summed E-state index contributed by atoms with van der Waals surface area (Å²) < 4.78 is 2.09. The van der Waals surface area contributed by atoms with Crippen LogP contribution in [0.2, 0.25) is 0 Å². The zero-order chi connectivity index (χ0) is 13.5. The van der Waals surface area contributed by atoms with Gasteiger partial charge in [-0.05, 0) is 37.3 Å². The fourth-order valence-corrected chi connectivity index (χ4v) is 2.86. The molecule has 0 amide bonds. The van der Waals surface area contributed by atoms with E-state index in [4.69, 9.17) is 5.10 Å². The van der Waals surface area contributed by atoms with Crippen LogP contribution in [0.25, 0.3) is 10.9 Å². The van der Waals surface area contributed by atoms with Crippen LogP contribution in [0.4, 0.5) is 0 Å². The van der Waals surface area contributed by atoms with Gasteiger partial charge in [0, 0.05) is 18.5 Å². The van der Waals surface area contributed by atoms with E-state index in [9.17, 15) is 0 Å². The molecule has 2 aromatic rings. The molecule has 0 radical (unpaired) electrons. The molecule has 3 heteroatoms. The second-order valence-electron chi connectivity index (χ2n) is 6.30. The topological polar surface area (TPSA) is 29.9 Å². The fourth-order valence-electron chi connectivity index (χ4n) is 2.86. The molecule has 0 spiro atoms. The first kappa shape index (κ1) is 12.7. The smallest absolute Gasteiger partial charge is 0.0841 e. The number of benzene rings is 1. The first-order chi connectivity index (χ1) is 9.12. The summed E-state index contributed by atoms with van der Waals surface area (Å²) in [6.07, 6.45) is 1.35. The van der Waals surface area contributed by atoms with Gasteiger partial charge in [0.2, 0.25) is 0 Å². The highest BCUT2D eigenvalue weighted by molar-refractivity contribution is 5.81. The van der Waals surface area contributed by atoms with Gasteiger partial charge < -0.3 is 5.32 Å². The molecule has 0 aliphatic heterocycles. The van der Waals surface area contributed by atoms with E-state index in [1.807, 2.05) is 0 Å². The zero-order valence-electron chi connectivity index (χ0n) is 12.1. The Kier molecular flexibility index (Phi) is 3.09. The Bertz CT molecular complexity index is 583. The molecule has 1 saturated carbocycles. The van der Waals surface area contributed by atoms with Crippen molar-refractivity contribution in [1.82, 2.24) is 15.1 Å². The maximum Gasteiger partial charge on any atom is 0.0841 e. The van der Waals surface area contributed by atoms with E-state index in [2.05, 4.69) is 55.0 Å². The van der Waals surface area contributed by atoms with Gasteiger partial charge in [0.1, 0.15) is 0 Å². The average molecular weight is 257 g/mol. The van der Waals surface area contributed by atoms with E-state index < -0.39 is 0 Å². The van der Waals surface area contributed by atoms with Crippen LogP contribution in [0.3, 0.4) is 0 Å². The molecule has 1 N–H and O–H groups in total. The van der Waals surface area contributed by atoms with Crippen LogP contribution in [0.1, 0.15) is 32.9 Å². The maximum absolute atomic E-state index is 4.72. The standard InChI is InChI=1S/C16H23N3/c1-4-19-15-8-6-5-7-13(15)14(18-19)11-17-10-12-9-16(12,2)3/h5-8,12,17H,4,9-11H2,1-3H3. The molecule has 1 aromatic carbocycles. The summed E-state index contributed by atoms with van der Waals surface area (Å²) in [4.78, 5) is 0. The Hall–Kier alpha value is -1.35. The highest BCUT2D eigenvalue weighted by Crippen LogP contribution is 2.50. The Labute approximate surface area is 115 Å². The predicted molar refractivity (Wildman–Crippen MR) is 79.0 cm³/mol. The number of aromatic nitrogens is 2. The normalized spacial score (nSPS) is 20.9. The Morgan fingerprint density at radius 3 is 2.79 bits per heavy atom. The van der Waals surface area contributed by atoms with Crippen molar-refractivity contribution in [1.29, 1.82) is 0 Å². The molecule has 1 heterocycles. The number of nitrogens with one attached hydrogen (secondary N) is 1. The molecule has 1 aromatic heterocycles. The molecule has 19 heavy (non-hydrogen) atoms. The number of hydrogen-bond acceptors (Lipinski definition) is 2. The average Bonchev–Trinajstić information content (AvgIpc) is 2.85. The molecular weight excluding hydrogens is 234 g/mol. The van der Waals surface area contributed by atoms with E-state index in [0.717, 1.165) is 25.6 Å². The number of hydrogen-bond donors (Lipinski definition) is 1. The lowest BCUT2D eigenvalue weighted by atomic mass is 10.1. The van der Waals surface area contributed by atoms with E-state index in [1.165, 1.54) is 23.0 Å². The van der Waals surface area contributed by atoms with Gasteiger partial charge in [0.25, 0.3) is 0 Å². The Balaban J connectivity index is 1.70. The minimum absolute atomic E-state index is 0.553. The molecule has 1 atom stereocenters. The minimum Gasteiger partial charge on any atom is -0.311 e. The molecule has 3 nitrogen and oxygen atoms in total. The number of rotatable bonds is 5. The van der Waals surface area contributed by atoms with Crippen molar-refractivity contribution in [2.45, 2.75) is 40.3 Å². The number of aryl methyl sites for hydroxylation is 1.